The second-order valence-corrected chi connectivity index (χ2v) is 6.76. The van der Waals surface area contributed by atoms with Crippen LogP contribution in [0.25, 0.3) is 6.08 Å². The van der Waals surface area contributed by atoms with Crippen molar-refractivity contribution in [1.82, 2.24) is 9.88 Å². The Labute approximate surface area is 153 Å². The molecule has 1 fully saturated rings. The fourth-order valence-electron chi connectivity index (χ4n) is 2.67. The maximum atomic E-state index is 12.9. The Bertz CT molecular complexity index is 943. The first-order valence-corrected chi connectivity index (χ1v) is 8.39. The van der Waals surface area contributed by atoms with Crippen molar-refractivity contribution in [2.45, 2.75) is 13.8 Å². The zero-order valence-electron chi connectivity index (χ0n) is 14.0. The summed E-state index contributed by atoms with van der Waals surface area (Å²) in [6, 6.07) is 8.16. The van der Waals surface area contributed by atoms with Crippen LogP contribution in [0.3, 0.4) is 0 Å². The molecule has 1 aromatic carbocycles. The predicted molar refractivity (Wildman–Crippen MR) is 98.0 cm³/mol. The highest BCUT2D eigenvalue weighted by Crippen LogP contribution is 2.27. The lowest BCUT2D eigenvalue weighted by molar-refractivity contribution is -0.122. The molecule has 1 saturated heterocycles. The Morgan fingerprint density at radius 3 is 2.40 bits per heavy atom. The lowest BCUT2D eigenvalue weighted by Gasteiger charge is -2.27. The van der Waals surface area contributed by atoms with E-state index >= 15 is 0 Å². The zero-order valence-corrected chi connectivity index (χ0v) is 15.5. The van der Waals surface area contributed by atoms with Crippen LogP contribution < -0.4 is 10.2 Å². The SMILES string of the molecule is Cc1cc(Br)ccc1N1C(=O)NC(=O)/C(=C\c2ccc(C)n2C)C1=O. The number of urea groups is 1. The monoisotopic (exact) mass is 401 g/mol. The molecule has 6 nitrogen and oxygen atoms in total. The highest BCUT2D eigenvalue weighted by molar-refractivity contribution is 9.10. The van der Waals surface area contributed by atoms with Gasteiger partial charge in [-0.25, -0.2) is 9.69 Å². The number of benzene rings is 1. The number of amides is 4. The van der Waals surface area contributed by atoms with E-state index < -0.39 is 17.8 Å². The number of carbonyl (C=O) groups is 3. The third-order valence-electron chi connectivity index (χ3n) is 4.21. The van der Waals surface area contributed by atoms with Crippen LogP contribution in [0.2, 0.25) is 0 Å². The van der Waals surface area contributed by atoms with Crippen molar-refractivity contribution >= 4 is 45.5 Å². The second-order valence-electron chi connectivity index (χ2n) is 5.85. The van der Waals surface area contributed by atoms with Gasteiger partial charge in [-0.1, -0.05) is 15.9 Å². The van der Waals surface area contributed by atoms with Crippen LogP contribution >= 0.6 is 15.9 Å². The first-order valence-electron chi connectivity index (χ1n) is 7.59. The van der Waals surface area contributed by atoms with Crippen molar-refractivity contribution in [1.29, 1.82) is 0 Å². The molecule has 1 aliphatic heterocycles. The van der Waals surface area contributed by atoms with Gasteiger partial charge in [0.25, 0.3) is 11.8 Å². The summed E-state index contributed by atoms with van der Waals surface area (Å²) < 4.78 is 2.70. The molecule has 1 aliphatic rings. The van der Waals surface area contributed by atoms with Crippen LogP contribution in [0.5, 0.6) is 0 Å². The summed E-state index contributed by atoms with van der Waals surface area (Å²) in [6.45, 7) is 3.72. The van der Waals surface area contributed by atoms with Gasteiger partial charge >= 0.3 is 6.03 Å². The fraction of sp³-hybridized carbons (Fsp3) is 0.167. The number of nitrogens with one attached hydrogen (secondary N) is 1. The first-order chi connectivity index (χ1) is 11.8. The van der Waals surface area contributed by atoms with Crippen molar-refractivity contribution < 1.29 is 14.4 Å². The summed E-state index contributed by atoms with van der Waals surface area (Å²) in [5.41, 5.74) is 2.79. The summed E-state index contributed by atoms with van der Waals surface area (Å²) in [5, 5.41) is 2.23. The molecule has 25 heavy (non-hydrogen) atoms. The molecule has 128 valence electrons. The molecule has 0 atom stereocenters. The molecule has 1 aromatic heterocycles. The minimum absolute atomic E-state index is 0.0804. The van der Waals surface area contributed by atoms with Crippen molar-refractivity contribution in [3.8, 4) is 0 Å². The smallest absolute Gasteiger partial charge is 0.335 e. The van der Waals surface area contributed by atoms with E-state index in [0.29, 0.717) is 11.4 Å². The quantitative estimate of drug-likeness (QED) is 0.620. The van der Waals surface area contributed by atoms with Crippen molar-refractivity contribution in [2.75, 3.05) is 4.90 Å². The normalized spacial score (nSPS) is 16.6. The average molecular weight is 402 g/mol. The number of imide groups is 2. The van der Waals surface area contributed by atoms with E-state index in [9.17, 15) is 14.4 Å². The number of aromatic nitrogens is 1. The van der Waals surface area contributed by atoms with Gasteiger partial charge in [0.05, 0.1) is 5.69 Å². The fourth-order valence-corrected chi connectivity index (χ4v) is 3.15. The largest absolute Gasteiger partial charge is 0.348 e. The number of halogens is 1. The molecule has 4 amide bonds. The Kier molecular flexibility index (Phi) is 4.34. The third-order valence-corrected chi connectivity index (χ3v) is 4.70. The van der Waals surface area contributed by atoms with Gasteiger partial charge in [-0.2, -0.15) is 0 Å². The molecule has 2 heterocycles. The molecule has 0 bridgehead atoms. The number of barbiturate groups is 1. The molecular weight excluding hydrogens is 386 g/mol. The van der Waals surface area contributed by atoms with Crippen LogP contribution in [0.4, 0.5) is 10.5 Å². The molecule has 0 spiro atoms. The maximum Gasteiger partial charge on any atom is 0.335 e. The Hall–Kier alpha value is -2.67. The van der Waals surface area contributed by atoms with Gasteiger partial charge in [0, 0.05) is 22.9 Å². The Balaban J connectivity index is 2.07. The van der Waals surface area contributed by atoms with Crippen molar-refractivity contribution in [2.24, 2.45) is 7.05 Å². The standard InChI is InChI=1S/C18H16BrN3O3/c1-10-8-12(19)5-7-15(10)22-17(24)14(16(23)20-18(22)25)9-13-6-4-11(2)21(13)3/h4-9H,1-3H3,(H,20,23,25)/b14-9+. The van der Waals surface area contributed by atoms with Gasteiger partial charge in [0.1, 0.15) is 5.57 Å². The van der Waals surface area contributed by atoms with Gasteiger partial charge in [0.15, 0.2) is 0 Å². The van der Waals surface area contributed by atoms with Crippen LogP contribution in [-0.2, 0) is 16.6 Å². The molecule has 1 N–H and O–H groups in total. The molecule has 0 radical (unpaired) electrons. The summed E-state index contributed by atoms with van der Waals surface area (Å²) in [4.78, 5) is 38.3. The molecule has 2 aromatic rings. The summed E-state index contributed by atoms with van der Waals surface area (Å²) in [7, 11) is 1.84. The number of hydrogen-bond acceptors (Lipinski definition) is 3. The van der Waals surface area contributed by atoms with Gasteiger partial charge in [0.2, 0.25) is 0 Å². The lowest BCUT2D eigenvalue weighted by atomic mass is 10.1. The molecule has 7 heteroatoms. The summed E-state index contributed by atoms with van der Waals surface area (Å²) in [5.74, 6) is -1.34. The number of aryl methyl sites for hydroxylation is 2. The van der Waals surface area contributed by atoms with E-state index in [4.69, 9.17) is 0 Å². The number of nitrogens with zero attached hydrogens (tertiary/aromatic N) is 2. The van der Waals surface area contributed by atoms with E-state index in [1.54, 1.807) is 25.1 Å². The minimum Gasteiger partial charge on any atom is -0.348 e. The minimum atomic E-state index is -0.749. The van der Waals surface area contributed by atoms with Crippen LogP contribution in [0.1, 0.15) is 17.0 Å². The molecule has 0 unspecified atom stereocenters. The average Bonchev–Trinajstić information content (AvgIpc) is 2.85. The molecular formula is C18H16BrN3O3. The van der Waals surface area contributed by atoms with E-state index in [-0.39, 0.29) is 5.57 Å². The van der Waals surface area contributed by atoms with E-state index in [2.05, 4.69) is 21.2 Å². The highest BCUT2D eigenvalue weighted by atomic mass is 79.9. The topological polar surface area (TPSA) is 71.4 Å². The highest BCUT2D eigenvalue weighted by Gasteiger charge is 2.37. The number of rotatable bonds is 2. The second kappa shape index (κ2) is 6.33. The molecule has 3 rings (SSSR count). The summed E-state index contributed by atoms with van der Waals surface area (Å²) in [6.07, 6.45) is 1.50. The maximum absolute atomic E-state index is 12.9. The Morgan fingerprint density at radius 1 is 1.08 bits per heavy atom. The number of hydrogen-bond donors (Lipinski definition) is 1. The predicted octanol–water partition coefficient (Wildman–Crippen LogP) is 3.07. The van der Waals surface area contributed by atoms with Crippen molar-refractivity contribution in [3.05, 3.63) is 57.3 Å². The third kappa shape index (κ3) is 3.02. The molecule has 0 saturated carbocycles. The lowest BCUT2D eigenvalue weighted by Crippen LogP contribution is -2.54. The van der Waals surface area contributed by atoms with Gasteiger partial charge in [-0.05, 0) is 55.8 Å². The van der Waals surface area contributed by atoms with E-state index in [1.165, 1.54) is 6.08 Å². The van der Waals surface area contributed by atoms with Gasteiger partial charge in [-0.15, -0.1) is 0 Å². The first kappa shape index (κ1) is 17.2. The van der Waals surface area contributed by atoms with Crippen LogP contribution in [0, 0.1) is 13.8 Å². The van der Waals surface area contributed by atoms with Gasteiger partial charge in [-0.3, -0.25) is 14.9 Å². The number of anilines is 1. The summed E-state index contributed by atoms with van der Waals surface area (Å²) >= 11 is 3.35. The van der Waals surface area contributed by atoms with Crippen LogP contribution in [-0.4, -0.2) is 22.4 Å². The van der Waals surface area contributed by atoms with E-state index in [0.717, 1.165) is 20.6 Å². The molecule has 0 aliphatic carbocycles. The van der Waals surface area contributed by atoms with Gasteiger partial charge < -0.3 is 4.57 Å². The number of carbonyl (C=O) groups excluding carboxylic acids is 3. The van der Waals surface area contributed by atoms with Crippen LogP contribution in [0.15, 0.2) is 40.4 Å². The zero-order chi connectivity index (χ0) is 18.3. The van der Waals surface area contributed by atoms with Crippen molar-refractivity contribution in [3.63, 3.8) is 0 Å². The van der Waals surface area contributed by atoms with E-state index in [1.807, 2.05) is 30.7 Å². The Morgan fingerprint density at radius 2 is 1.80 bits per heavy atom.